The van der Waals surface area contributed by atoms with Crippen molar-refractivity contribution in [2.24, 2.45) is 0 Å². The smallest absolute Gasteiger partial charge is 0.170 e. The van der Waals surface area contributed by atoms with Gasteiger partial charge in [0.1, 0.15) is 0 Å². The van der Waals surface area contributed by atoms with Gasteiger partial charge in [-0.2, -0.15) is 0 Å². The molecule has 2 N–H and O–H groups in total. The van der Waals surface area contributed by atoms with E-state index in [-0.39, 0.29) is 6.10 Å². The number of rotatable bonds is 5. The number of aryl methyl sites for hydroxylation is 1. The second-order valence-corrected chi connectivity index (χ2v) is 7.33. The van der Waals surface area contributed by atoms with Gasteiger partial charge in [0, 0.05) is 36.9 Å². The van der Waals surface area contributed by atoms with Crippen molar-refractivity contribution in [3.05, 3.63) is 64.7 Å². The Bertz CT molecular complexity index is 741. The van der Waals surface area contributed by atoms with Crippen LogP contribution in [0.25, 0.3) is 0 Å². The van der Waals surface area contributed by atoms with Gasteiger partial charge in [-0.25, -0.2) is 0 Å². The predicted molar refractivity (Wildman–Crippen MR) is 112 cm³/mol. The summed E-state index contributed by atoms with van der Waals surface area (Å²) in [5, 5.41) is 7.72. The monoisotopic (exact) mass is 389 g/mol. The quantitative estimate of drug-likeness (QED) is 0.760. The number of hydrogen-bond acceptors (Lipinski definition) is 3. The first kappa shape index (κ1) is 19.1. The van der Waals surface area contributed by atoms with Gasteiger partial charge in [-0.1, -0.05) is 48.0 Å². The third-order valence-corrected chi connectivity index (χ3v) is 5.05. The van der Waals surface area contributed by atoms with E-state index in [1.54, 1.807) is 0 Å². The van der Waals surface area contributed by atoms with Gasteiger partial charge in [-0.05, 0) is 42.4 Å². The molecule has 2 aromatic carbocycles. The molecule has 0 amide bonds. The van der Waals surface area contributed by atoms with Crippen LogP contribution in [0.15, 0.2) is 48.5 Å². The molecule has 138 valence electrons. The maximum Gasteiger partial charge on any atom is 0.170 e. The summed E-state index contributed by atoms with van der Waals surface area (Å²) in [7, 11) is 0. The molecule has 0 bridgehead atoms. The van der Waals surface area contributed by atoms with Crippen molar-refractivity contribution in [3.63, 3.8) is 0 Å². The number of ether oxygens (including phenoxy) is 1. The lowest BCUT2D eigenvalue weighted by atomic mass is 10.2. The summed E-state index contributed by atoms with van der Waals surface area (Å²) in [6.45, 7) is 6.19. The van der Waals surface area contributed by atoms with E-state index >= 15 is 0 Å². The van der Waals surface area contributed by atoms with Crippen LogP contribution >= 0.6 is 23.8 Å². The summed E-state index contributed by atoms with van der Waals surface area (Å²) >= 11 is 11.5. The topological polar surface area (TPSA) is 36.5 Å². The Kier molecular flexibility index (Phi) is 6.86. The summed E-state index contributed by atoms with van der Waals surface area (Å²) in [6, 6.07) is 16.3. The molecule has 6 heteroatoms. The van der Waals surface area contributed by atoms with E-state index in [9.17, 15) is 0 Å². The third-order valence-electron chi connectivity index (χ3n) is 4.39. The number of halogens is 1. The van der Waals surface area contributed by atoms with E-state index in [4.69, 9.17) is 28.6 Å². The minimum absolute atomic E-state index is 0.119. The van der Waals surface area contributed by atoms with Gasteiger partial charge in [0.2, 0.25) is 0 Å². The van der Waals surface area contributed by atoms with Crippen LogP contribution < -0.4 is 10.6 Å². The molecule has 1 saturated heterocycles. The first-order valence-corrected chi connectivity index (χ1v) is 9.57. The second-order valence-electron chi connectivity index (χ2n) is 6.51. The molecule has 0 unspecified atom stereocenters. The maximum absolute atomic E-state index is 6.15. The molecule has 4 nitrogen and oxygen atoms in total. The van der Waals surface area contributed by atoms with Crippen LogP contribution in [0.2, 0.25) is 5.02 Å². The first-order valence-electron chi connectivity index (χ1n) is 8.79. The highest BCUT2D eigenvalue weighted by atomic mass is 35.5. The fraction of sp³-hybridized carbons (Fsp3) is 0.350. The molecule has 2 aromatic rings. The number of benzene rings is 2. The summed E-state index contributed by atoms with van der Waals surface area (Å²) in [4.78, 5) is 2.42. The van der Waals surface area contributed by atoms with Crippen molar-refractivity contribution >= 4 is 34.6 Å². The summed E-state index contributed by atoms with van der Waals surface area (Å²) in [5.74, 6) is 0. The van der Waals surface area contributed by atoms with Gasteiger partial charge < -0.3 is 15.4 Å². The van der Waals surface area contributed by atoms with Crippen LogP contribution in [-0.2, 0) is 11.3 Å². The van der Waals surface area contributed by atoms with Crippen molar-refractivity contribution in [3.8, 4) is 0 Å². The second kappa shape index (κ2) is 9.33. The van der Waals surface area contributed by atoms with E-state index in [1.807, 2.05) is 31.2 Å². The Balaban J connectivity index is 1.44. The van der Waals surface area contributed by atoms with Crippen molar-refractivity contribution < 1.29 is 4.74 Å². The van der Waals surface area contributed by atoms with E-state index in [2.05, 4.69) is 39.8 Å². The Hall–Kier alpha value is -1.66. The molecule has 1 aliphatic rings. The molecule has 1 aliphatic heterocycles. The molecule has 0 aliphatic carbocycles. The fourth-order valence-corrected chi connectivity index (χ4v) is 3.32. The number of hydrogen-bond donors (Lipinski definition) is 2. The first-order chi connectivity index (χ1) is 12.6. The SMILES string of the molecule is Cc1ccc(NC(=S)NC[C@@H]2CN(Cc3ccccc3)CCO2)cc1Cl. The third kappa shape index (κ3) is 5.68. The van der Waals surface area contributed by atoms with E-state index in [1.165, 1.54) is 5.56 Å². The van der Waals surface area contributed by atoms with Gasteiger partial charge in [0.05, 0.1) is 12.7 Å². The molecule has 0 saturated carbocycles. The van der Waals surface area contributed by atoms with Crippen molar-refractivity contribution in [1.29, 1.82) is 0 Å². The van der Waals surface area contributed by atoms with Crippen LogP contribution in [0, 0.1) is 6.92 Å². The molecule has 0 spiro atoms. The molecular formula is C20H24ClN3OS. The average Bonchev–Trinajstić information content (AvgIpc) is 2.64. The number of thiocarbonyl (C=S) groups is 1. The Morgan fingerprint density at radius 3 is 2.85 bits per heavy atom. The van der Waals surface area contributed by atoms with Gasteiger partial charge in [-0.15, -0.1) is 0 Å². The Labute approximate surface area is 165 Å². The predicted octanol–water partition coefficient (Wildman–Crippen LogP) is 3.84. The molecule has 1 heterocycles. The summed E-state index contributed by atoms with van der Waals surface area (Å²) in [6.07, 6.45) is 0.119. The average molecular weight is 390 g/mol. The minimum atomic E-state index is 0.119. The molecule has 3 rings (SSSR count). The molecular weight excluding hydrogens is 366 g/mol. The number of nitrogens with one attached hydrogen (secondary N) is 2. The summed E-state index contributed by atoms with van der Waals surface area (Å²) in [5.41, 5.74) is 3.26. The Morgan fingerprint density at radius 1 is 1.27 bits per heavy atom. The lowest BCUT2D eigenvalue weighted by Crippen LogP contribution is -2.47. The van der Waals surface area contributed by atoms with Gasteiger partial charge in [0.15, 0.2) is 5.11 Å². The highest BCUT2D eigenvalue weighted by Crippen LogP contribution is 2.19. The Morgan fingerprint density at radius 2 is 2.08 bits per heavy atom. The zero-order valence-electron chi connectivity index (χ0n) is 14.9. The van der Waals surface area contributed by atoms with Crippen molar-refractivity contribution in [2.45, 2.75) is 19.6 Å². The standard InChI is InChI=1S/C20H24ClN3OS/c1-15-7-8-17(11-19(15)21)23-20(26)22-12-18-14-24(9-10-25-18)13-16-5-3-2-4-6-16/h2-8,11,18H,9-10,12-14H2,1H3,(H2,22,23,26)/t18-/m1/s1. The summed E-state index contributed by atoms with van der Waals surface area (Å²) < 4.78 is 5.87. The molecule has 0 aromatic heterocycles. The van der Waals surface area contributed by atoms with Crippen LogP contribution in [0.4, 0.5) is 5.69 Å². The fourth-order valence-electron chi connectivity index (χ4n) is 2.94. The molecule has 1 atom stereocenters. The number of morpholine rings is 1. The van der Waals surface area contributed by atoms with E-state index in [0.717, 1.165) is 42.5 Å². The number of nitrogens with zero attached hydrogens (tertiary/aromatic N) is 1. The molecule has 26 heavy (non-hydrogen) atoms. The van der Waals surface area contributed by atoms with Gasteiger partial charge in [-0.3, -0.25) is 4.90 Å². The maximum atomic E-state index is 6.15. The zero-order chi connectivity index (χ0) is 18.4. The van der Waals surface area contributed by atoms with Crippen LogP contribution in [0.1, 0.15) is 11.1 Å². The largest absolute Gasteiger partial charge is 0.374 e. The number of anilines is 1. The van der Waals surface area contributed by atoms with Crippen molar-refractivity contribution in [2.75, 3.05) is 31.6 Å². The highest BCUT2D eigenvalue weighted by Gasteiger charge is 2.20. The molecule has 1 fully saturated rings. The minimum Gasteiger partial charge on any atom is -0.374 e. The molecule has 0 radical (unpaired) electrons. The van der Waals surface area contributed by atoms with Crippen LogP contribution in [-0.4, -0.2) is 42.4 Å². The lowest BCUT2D eigenvalue weighted by Gasteiger charge is -2.33. The van der Waals surface area contributed by atoms with E-state index < -0.39 is 0 Å². The van der Waals surface area contributed by atoms with Crippen LogP contribution in [0.3, 0.4) is 0 Å². The van der Waals surface area contributed by atoms with Gasteiger partial charge >= 0.3 is 0 Å². The van der Waals surface area contributed by atoms with E-state index in [0.29, 0.717) is 11.7 Å². The van der Waals surface area contributed by atoms with Crippen LogP contribution in [0.5, 0.6) is 0 Å². The normalized spacial score (nSPS) is 17.7. The van der Waals surface area contributed by atoms with Crippen molar-refractivity contribution in [1.82, 2.24) is 10.2 Å². The van der Waals surface area contributed by atoms with Gasteiger partial charge in [0.25, 0.3) is 0 Å². The lowest BCUT2D eigenvalue weighted by molar-refractivity contribution is -0.0279. The zero-order valence-corrected chi connectivity index (χ0v) is 16.4. The highest BCUT2D eigenvalue weighted by molar-refractivity contribution is 7.80.